The smallest absolute Gasteiger partial charge is 0.333 e. The molecule has 0 bridgehead atoms. The molecule has 1 aromatic heterocycles. The average Bonchev–Trinajstić information content (AvgIpc) is 3.35. The maximum Gasteiger partial charge on any atom is 0.333 e. The first-order valence-electron chi connectivity index (χ1n) is 11.7. The molecule has 182 valence electrons. The van der Waals surface area contributed by atoms with Crippen molar-refractivity contribution in [2.45, 2.75) is 62.4 Å². The van der Waals surface area contributed by atoms with E-state index in [1.54, 1.807) is 0 Å². The number of nitrogens with one attached hydrogen (secondary N) is 1. The van der Waals surface area contributed by atoms with Crippen molar-refractivity contribution < 1.29 is 13.0 Å². The Labute approximate surface area is 202 Å². The zero-order valence-corrected chi connectivity index (χ0v) is 21.1. The summed E-state index contributed by atoms with van der Waals surface area (Å²) >= 11 is 1.90. The SMILES string of the molecule is C=CCn1cc(SCC/N=C2\CCCN2C)c2ccccc21.O=S(=O)(O)NC1CCCCC1. The van der Waals surface area contributed by atoms with Gasteiger partial charge in [0.25, 0.3) is 0 Å². The first-order chi connectivity index (χ1) is 15.9. The maximum absolute atomic E-state index is 10.3. The Morgan fingerprint density at radius 1 is 1.24 bits per heavy atom. The second-order valence-corrected chi connectivity index (χ2v) is 10.9. The number of allylic oxidation sites excluding steroid dienone is 1. The lowest BCUT2D eigenvalue weighted by atomic mass is 9.96. The molecular weight excluding hydrogens is 456 g/mol. The fourth-order valence-electron chi connectivity index (χ4n) is 4.37. The maximum atomic E-state index is 10.3. The summed E-state index contributed by atoms with van der Waals surface area (Å²) in [6.45, 7) is 6.75. The molecule has 2 fully saturated rings. The summed E-state index contributed by atoms with van der Waals surface area (Å²) in [5.41, 5.74) is 1.28. The molecule has 9 heteroatoms. The van der Waals surface area contributed by atoms with Gasteiger partial charge < -0.3 is 9.47 Å². The van der Waals surface area contributed by atoms with Gasteiger partial charge in [0.05, 0.1) is 12.4 Å². The molecule has 1 aliphatic heterocycles. The lowest BCUT2D eigenvalue weighted by Gasteiger charge is -2.20. The minimum Gasteiger partial charge on any atom is -0.363 e. The standard InChI is InChI=1S/C18H23N3S.C6H13NO3S/c1-3-11-21-14-17(15-7-4-5-8-16(15)21)22-13-10-19-18-9-6-12-20(18)2;8-11(9,10)7-6-4-2-1-3-5-6/h3-5,7-8,14H,1,6,9-13H2,2H3;6-7H,1-5H2,(H,8,9,10)/b19-18+;. The van der Waals surface area contributed by atoms with Crippen LogP contribution in [0.1, 0.15) is 44.9 Å². The summed E-state index contributed by atoms with van der Waals surface area (Å²) in [5.74, 6) is 2.30. The summed E-state index contributed by atoms with van der Waals surface area (Å²) in [5, 5.41) is 1.33. The van der Waals surface area contributed by atoms with E-state index < -0.39 is 10.3 Å². The predicted octanol–water partition coefficient (Wildman–Crippen LogP) is 4.76. The minimum absolute atomic E-state index is 0.0428. The summed E-state index contributed by atoms with van der Waals surface area (Å²) < 4.78 is 33.6. The number of rotatable bonds is 8. The molecule has 2 N–H and O–H groups in total. The molecule has 4 rings (SSSR count). The van der Waals surface area contributed by atoms with E-state index in [1.807, 2.05) is 17.8 Å². The molecule has 2 aromatic rings. The second kappa shape index (κ2) is 12.6. The highest BCUT2D eigenvalue weighted by atomic mass is 32.2. The van der Waals surface area contributed by atoms with Crippen molar-refractivity contribution in [1.29, 1.82) is 0 Å². The quantitative estimate of drug-likeness (QED) is 0.240. The van der Waals surface area contributed by atoms with Gasteiger partial charge in [0.2, 0.25) is 0 Å². The molecular formula is C24H36N4O3S2. The number of aromatic nitrogens is 1. The van der Waals surface area contributed by atoms with E-state index in [4.69, 9.17) is 9.55 Å². The number of nitrogens with zero attached hydrogens (tertiary/aromatic N) is 3. The molecule has 2 heterocycles. The number of thioether (sulfide) groups is 1. The van der Waals surface area contributed by atoms with Crippen LogP contribution in [-0.2, 0) is 16.8 Å². The first-order valence-corrected chi connectivity index (χ1v) is 14.1. The van der Waals surface area contributed by atoms with Crippen molar-refractivity contribution in [3.05, 3.63) is 43.1 Å². The lowest BCUT2D eigenvalue weighted by molar-refractivity contribution is 0.389. The molecule has 0 amide bonds. The van der Waals surface area contributed by atoms with Crippen molar-refractivity contribution >= 4 is 38.8 Å². The van der Waals surface area contributed by atoms with Crippen LogP contribution in [0.5, 0.6) is 0 Å². The Morgan fingerprint density at radius 2 is 2.00 bits per heavy atom. The first kappa shape index (κ1) is 25.8. The highest BCUT2D eigenvalue weighted by Gasteiger charge is 2.17. The zero-order chi connectivity index (χ0) is 23.7. The molecule has 33 heavy (non-hydrogen) atoms. The lowest BCUT2D eigenvalue weighted by Crippen LogP contribution is -2.35. The van der Waals surface area contributed by atoms with Gasteiger partial charge in [-0.25, -0.2) is 0 Å². The van der Waals surface area contributed by atoms with E-state index in [1.165, 1.54) is 34.5 Å². The van der Waals surface area contributed by atoms with Gasteiger partial charge in [-0.2, -0.15) is 13.1 Å². The molecule has 1 saturated heterocycles. The number of aliphatic imine (C=N–C) groups is 1. The van der Waals surface area contributed by atoms with Crippen molar-refractivity contribution in [3.63, 3.8) is 0 Å². The minimum atomic E-state index is -3.97. The van der Waals surface area contributed by atoms with Gasteiger partial charge in [0, 0.05) is 60.3 Å². The third kappa shape index (κ3) is 8.17. The zero-order valence-electron chi connectivity index (χ0n) is 19.4. The molecule has 0 spiro atoms. The van der Waals surface area contributed by atoms with Crippen molar-refractivity contribution in [1.82, 2.24) is 14.2 Å². The van der Waals surface area contributed by atoms with Gasteiger partial charge in [-0.3, -0.25) is 9.55 Å². The molecule has 1 aromatic carbocycles. The summed E-state index contributed by atoms with van der Waals surface area (Å²) in [4.78, 5) is 8.36. The number of amidine groups is 1. The molecule has 7 nitrogen and oxygen atoms in total. The Kier molecular flexibility index (Phi) is 9.85. The van der Waals surface area contributed by atoms with Crippen molar-refractivity contribution in [3.8, 4) is 0 Å². The van der Waals surface area contributed by atoms with Crippen molar-refractivity contribution in [2.75, 3.05) is 25.9 Å². The van der Waals surface area contributed by atoms with Crippen molar-refractivity contribution in [2.24, 2.45) is 4.99 Å². The van der Waals surface area contributed by atoms with E-state index in [2.05, 4.69) is 58.3 Å². The molecule has 1 saturated carbocycles. The highest BCUT2D eigenvalue weighted by Crippen LogP contribution is 2.30. The average molecular weight is 493 g/mol. The van der Waals surface area contributed by atoms with Gasteiger partial charge in [-0.1, -0.05) is 43.5 Å². The number of benzene rings is 1. The van der Waals surface area contributed by atoms with Crippen LogP contribution in [0.15, 0.2) is 53.0 Å². The predicted molar refractivity (Wildman–Crippen MR) is 139 cm³/mol. The van der Waals surface area contributed by atoms with Crippen LogP contribution in [0.4, 0.5) is 0 Å². The molecule has 0 radical (unpaired) electrons. The van der Waals surface area contributed by atoms with Gasteiger partial charge in [0.1, 0.15) is 0 Å². The molecule has 0 unspecified atom stereocenters. The fraction of sp³-hybridized carbons (Fsp3) is 0.542. The molecule has 2 aliphatic rings. The summed E-state index contributed by atoms with van der Waals surface area (Å²) in [6, 6.07) is 8.54. The van der Waals surface area contributed by atoms with Crippen LogP contribution >= 0.6 is 11.8 Å². The number of likely N-dealkylation sites (tertiary alicyclic amines) is 1. The Bertz CT molecular complexity index is 1040. The largest absolute Gasteiger partial charge is 0.363 e. The van der Waals surface area contributed by atoms with E-state index in [0.717, 1.165) is 57.5 Å². The van der Waals surface area contributed by atoms with E-state index in [9.17, 15) is 8.42 Å². The monoisotopic (exact) mass is 492 g/mol. The van der Waals surface area contributed by atoms with Gasteiger partial charge in [-0.05, 0) is 25.3 Å². The second-order valence-electron chi connectivity index (χ2n) is 8.55. The third-order valence-electron chi connectivity index (χ3n) is 5.98. The third-order valence-corrected chi connectivity index (χ3v) is 7.63. The Hall–Kier alpha value is -1.81. The van der Waals surface area contributed by atoms with E-state index in [0.29, 0.717) is 0 Å². The number of fused-ring (bicyclic) bond motifs is 1. The van der Waals surface area contributed by atoms with Crippen LogP contribution in [0, 0.1) is 0 Å². The van der Waals surface area contributed by atoms with Crippen LogP contribution in [0.25, 0.3) is 10.9 Å². The fourth-order valence-corrected chi connectivity index (χ4v) is 5.96. The number of para-hydroxylation sites is 1. The van der Waals surface area contributed by atoms with Crippen LogP contribution in [0.3, 0.4) is 0 Å². The van der Waals surface area contributed by atoms with E-state index in [-0.39, 0.29) is 6.04 Å². The van der Waals surface area contributed by atoms with Gasteiger partial charge >= 0.3 is 10.3 Å². The van der Waals surface area contributed by atoms with Crippen LogP contribution in [0.2, 0.25) is 0 Å². The molecule has 1 aliphatic carbocycles. The highest BCUT2D eigenvalue weighted by molar-refractivity contribution is 7.99. The number of hydrogen-bond acceptors (Lipinski definition) is 4. The van der Waals surface area contributed by atoms with Crippen LogP contribution in [-0.4, -0.2) is 60.2 Å². The number of hydrogen-bond donors (Lipinski definition) is 2. The Morgan fingerprint density at radius 3 is 2.67 bits per heavy atom. The Balaban J connectivity index is 0.000000235. The van der Waals surface area contributed by atoms with Gasteiger partial charge in [-0.15, -0.1) is 18.3 Å². The van der Waals surface area contributed by atoms with Crippen LogP contribution < -0.4 is 4.72 Å². The molecule has 0 atom stereocenters. The topological polar surface area (TPSA) is 86.9 Å². The van der Waals surface area contributed by atoms with E-state index >= 15 is 0 Å². The van der Waals surface area contributed by atoms with Gasteiger partial charge in [0.15, 0.2) is 0 Å². The summed E-state index contributed by atoms with van der Waals surface area (Å²) in [6.07, 6.45) is 11.5. The normalized spacial score (nSPS) is 18.5. The summed E-state index contributed by atoms with van der Waals surface area (Å²) in [7, 11) is -1.83.